The van der Waals surface area contributed by atoms with Crippen LogP contribution in [0.15, 0.2) is 6.20 Å². The summed E-state index contributed by atoms with van der Waals surface area (Å²) in [5, 5.41) is 7.18. The molecule has 2 heterocycles. The summed E-state index contributed by atoms with van der Waals surface area (Å²) in [4.78, 5) is 12.1. The summed E-state index contributed by atoms with van der Waals surface area (Å²) in [6, 6.07) is 0.113. The Hall–Kier alpha value is -1.56. The summed E-state index contributed by atoms with van der Waals surface area (Å²) in [6.45, 7) is 6.24. The number of hydrogen-bond donors (Lipinski definition) is 2. The molecule has 1 amide bonds. The van der Waals surface area contributed by atoms with Crippen LogP contribution in [0.1, 0.15) is 37.2 Å². The number of nitrogen functional groups attached to an aromatic ring is 1. The number of ether oxygens (including phenoxy) is 1. The van der Waals surface area contributed by atoms with E-state index in [1.165, 1.54) is 0 Å². The first-order valence-corrected chi connectivity index (χ1v) is 6.83. The second kappa shape index (κ2) is 6.06. The van der Waals surface area contributed by atoms with E-state index in [-0.39, 0.29) is 11.9 Å². The number of nitrogens with one attached hydrogen (secondary N) is 1. The molecule has 19 heavy (non-hydrogen) atoms. The third kappa shape index (κ3) is 3.26. The van der Waals surface area contributed by atoms with Crippen LogP contribution in [0.3, 0.4) is 0 Å². The van der Waals surface area contributed by atoms with Crippen molar-refractivity contribution in [2.24, 2.45) is 5.92 Å². The van der Waals surface area contributed by atoms with Crippen molar-refractivity contribution < 1.29 is 9.53 Å². The molecular weight excluding hydrogens is 244 g/mol. The monoisotopic (exact) mass is 266 g/mol. The quantitative estimate of drug-likeness (QED) is 0.852. The Morgan fingerprint density at radius 2 is 2.32 bits per heavy atom. The van der Waals surface area contributed by atoms with Gasteiger partial charge in [-0.2, -0.15) is 5.10 Å². The van der Waals surface area contributed by atoms with E-state index in [1.54, 1.807) is 10.9 Å². The molecule has 0 spiro atoms. The molecule has 1 atom stereocenters. The molecule has 0 saturated carbocycles. The molecule has 1 fully saturated rings. The maximum absolute atomic E-state index is 12.1. The molecule has 1 aliphatic heterocycles. The number of carbonyl (C=O) groups excluding carboxylic acids is 1. The number of amides is 1. The maximum Gasteiger partial charge on any atom is 0.274 e. The van der Waals surface area contributed by atoms with Gasteiger partial charge in [-0.05, 0) is 32.6 Å². The predicted octanol–water partition coefficient (Wildman–Crippen LogP) is 1.03. The molecule has 1 aliphatic rings. The van der Waals surface area contributed by atoms with Crippen LogP contribution in [0, 0.1) is 5.92 Å². The molecule has 0 aliphatic carbocycles. The van der Waals surface area contributed by atoms with Gasteiger partial charge in [0, 0.05) is 32.0 Å². The van der Waals surface area contributed by atoms with Crippen molar-refractivity contribution in [3.05, 3.63) is 11.9 Å². The number of carbonyl (C=O) groups is 1. The zero-order valence-electron chi connectivity index (χ0n) is 11.6. The van der Waals surface area contributed by atoms with Crippen LogP contribution in [0.2, 0.25) is 0 Å². The normalized spacial score (nSPS) is 18.2. The molecular formula is C13H22N4O2. The zero-order valence-corrected chi connectivity index (χ0v) is 11.6. The van der Waals surface area contributed by atoms with Gasteiger partial charge in [0.1, 0.15) is 0 Å². The van der Waals surface area contributed by atoms with Gasteiger partial charge >= 0.3 is 0 Å². The average Bonchev–Trinajstić information content (AvgIpc) is 2.81. The van der Waals surface area contributed by atoms with Gasteiger partial charge in [0.15, 0.2) is 5.69 Å². The molecule has 0 aromatic carbocycles. The Bertz CT molecular complexity index is 438. The van der Waals surface area contributed by atoms with Gasteiger partial charge in [0.25, 0.3) is 5.91 Å². The van der Waals surface area contributed by atoms with Crippen LogP contribution < -0.4 is 11.1 Å². The zero-order chi connectivity index (χ0) is 13.8. The lowest BCUT2D eigenvalue weighted by Gasteiger charge is -2.28. The third-order valence-corrected chi connectivity index (χ3v) is 3.66. The number of hydrogen-bond acceptors (Lipinski definition) is 4. The van der Waals surface area contributed by atoms with Crippen molar-refractivity contribution in [1.29, 1.82) is 0 Å². The minimum Gasteiger partial charge on any atom is -0.396 e. The number of aromatic nitrogens is 2. The molecule has 6 heteroatoms. The van der Waals surface area contributed by atoms with Gasteiger partial charge < -0.3 is 15.8 Å². The molecule has 1 saturated heterocycles. The van der Waals surface area contributed by atoms with E-state index in [0.29, 0.717) is 23.8 Å². The molecule has 2 rings (SSSR count). The van der Waals surface area contributed by atoms with E-state index in [4.69, 9.17) is 10.5 Å². The summed E-state index contributed by atoms with van der Waals surface area (Å²) < 4.78 is 7.00. The first-order valence-electron chi connectivity index (χ1n) is 6.83. The van der Waals surface area contributed by atoms with Crippen molar-refractivity contribution in [3.63, 3.8) is 0 Å². The number of nitrogens with two attached hydrogens (primary N) is 1. The van der Waals surface area contributed by atoms with Crippen LogP contribution in [-0.4, -0.2) is 34.9 Å². The fourth-order valence-corrected chi connectivity index (χ4v) is 2.38. The third-order valence-electron chi connectivity index (χ3n) is 3.66. The van der Waals surface area contributed by atoms with Crippen LogP contribution in [0.5, 0.6) is 0 Å². The molecule has 1 unspecified atom stereocenters. The van der Waals surface area contributed by atoms with Gasteiger partial charge in [-0.1, -0.05) is 0 Å². The maximum atomic E-state index is 12.1. The Kier molecular flexibility index (Phi) is 4.42. The number of nitrogens with zero attached hydrogens (tertiary/aromatic N) is 2. The summed E-state index contributed by atoms with van der Waals surface area (Å²) >= 11 is 0. The van der Waals surface area contributed by atoms with E-state index in [1.807, 2.05) is 13.8 Å². The van der Waals surface area contributed by atoms with Crippen LogP contribution in [0.4, 0.5) is 5.69 Å². The Morgan fingerprint density at radius 3 is 2.89 bits per heavy atom. The van der Waals surface area contributed by atoms with Crippen LogP contribution in [-0.2, 0) is 11.3 Å². The van der Waals surface area contributed by atoms with E-state index in [2.05, 4.69) is 10.4 Å². The second-order valence-electron chi connectivity index (χ2n) is 5.00. The molecule has 3 N–H and O–H groups in total. The summed E-state index contributed by atoms with van der Waals surface area (Å²) in [6.07, 6.45) is 3.66. The first-order chi connectivity index (χ1) is 9.11. The summed E-state index contributed by atoms with van der Waals surface area (Å²) in [7, 11) is 0. The van der Waals surface area contributed by atoms with Crippen molar-refractivity contribution in [3.8, 4) is 0 Å². The van der Waals surface area contributed by atoms with Gasteiger partial charge in [-0.15, -0.1) is 0 Å². The fourth-order valence-electron chi connectivity index (χ4n) is 2.38. The van der Waals surface area contributed by atoms with Crippen molar-refractivity contribution in [1.82, 2.24) is 15.1 Å². The molecule has 6 nitrogen and oxygen atoms in total. The van der Waals surface area contributed by atoms with Gasteiger partial charge in [-0.25, -0.2) is 0 Å². The Balaban J connectivity index is 1.97. The Labute approximate surface area is 113 Å². The lowest BCUT2D eigenvalue weighted by atomic mass is 9.93. The topological polar surface area (TPSA) is 82.2 Å². The van der Waals surface area contributed by atoms with Crippen molar-refractivity contribution in [2.45, 2.75) is 39.3 Å². The summed E-state index contributed by atoms with van der Waals surface area (Å²) in [5.74, 6) is 0.274. The molecule has 1 aromatic rings. The van der Waals surface area contributed by atoms with Crippen LogP contribution >= 0.6 is 0 Å². The highest BCUT2D eigenvalue weighted by molar-refractivity contribution is 5.97. The van der Waals surface area contributed by atoms with E-state index < -0.39 is 0 Å². The number of rotatable bonds is 4. The highest BCUT2D eigenvalue weighted by Gasteiger charge is 2.24. The molecule has 0 radical (unpaired) electrons. The lowest BCUT2D eigenvalue weighted by molar-refractivity contribution is 0.0537. The largest absolute Gasteiger partial charge is 0.396 e. The molecule has 106 valence electrons. The molecule has 1 aromatic heterocycles. The smallest absolute Gasteiger partial charge is 0.274 e. The van der Waals surface area contributed by atoms with E-state index in [9.17, 15) is 4.79 Å². The predicted molar refractivity (Wildman–Crippen MR) is 72.8 cm³/mol. The highest BCUT2D eigenvalue weighted by Crippen LogP contribution is 2.19. The van der Waals surface area contributed by atoms with Gasteiger partial charge in [-0.3, -0.25) is 9.48 Å². The molecule has 0 bridgehead atoms. The van der Waals surface area contributed by atoms with E-state index >= 15 is 0 Å². The van der Waals surface area contributed by atoms with Gasteiger partial charge in [0.2, 0.25) is 0 Å². The van der Waals surface area contributed by atoms with Crippen LogP contribution in [0.25, 0.3) is 0 Å². The van der Waals surface area contributed by atoms with Gasteiger partial charge in [0.05, 0.1) is 5.69 Å². The van der Waals surface area contributed by atoms with E-state index in [0.717, 1.165) is 26.1 Å². The summed E-state index contributed by atoms with van der Waals surface area (Å²) in [5.41, 5.74) is 6.56. The SMILES string of the molecule is CCn1cc(N)c(C(=O)NC(C)C2CCOCC2)n1. The minimum atomic E-state index is -0.191. The van der Waals surface area contributed by atoms with Crippen molar-refractivity contribution >= 4 is 11.6 Å². The minimum absolute atomic E-state index is 0.113. The van der Waals surface area contributed by atoms with Crippen molar-refractivity contribution in [2.75, 3.05) is 18.9 Å². The first kappa shape index (κ1) is 13.9. The second-order valence-corrected chi connectivity index (χ2v) is 5.00. The number of anilines is 1. The highest BCUT2D eigenvalue weighted by atomic mass is 16.5. The lowest BCUT2D eigenvalue weighted by Crippen LogP contribution is -2.40. The fraction of sp³-hybridized carbons (Fsp3) is 0.692. The number of aryl methyl sites for hydroxylation is 1. The average molecular weight is 266 g/mol. The standard InChI is InChI=1S/C13H22N4O2/c1-3-17-8-11(14)12(16-17)13(18)15-9(2)10-4-6-19-7-5-10/h8-10H,3-7,14H2,1-2H3,(H,15,18). The Morgan fingerprint density at radius 1 is 1.63 bits per heavy atom.